The van der Waals surface area contributed by atoms with Crippen molar-refractivity contribution in [3.05, 3.63) is 40.2 Å². The van der Waals surface area contributed by atoms with Crippen molar-refractivity contribution in [2.24, 2.45) is 0 Å². The van der Waals surface area contributed by atoms with E-state index in [2.05, 4.69) is 0 Å². The summed E-state index contributed by atoms with van der Waals surface area (Å²) in [5.74, 6) is -1.25. The second-order valence-electron chi connectivity index (χ2n) is 5.76. The zero-order valence-electron chi connectivity index (χ0n) is 13.2. The number of hydrogen-bond acceptors (Lipinski definition) is 9. The smallest absolute Gasteiger partial charge is 0.337 e. The SMILES string of the molecule is O=C(O)c1cc(=O)oc2cc(O[C@@H]3O[C@H](CO)[C@H](O)[C@H](O)[C@H]3O)ccc12. The van der Waals surface area contributed by atoms with Crippen molar-refractivity contribution in [3.63, 3.8) is 0 Å². The molecule has 1 aromatic carbocycles. The zero-order chi connectivity index (χ0) is 19.0. The molecule has 10 heteroatoms. The fraction of sp³-hybridized carbons (Fsp3) is 0.375. The van der Waals surface area contributed by atoms with Gasteiger partial charge in [-0.15, -0.1) is 0 Å². The molecule has 0 saturated carbocycles. The molecule has 0 unspecified atom stereocenters. The largest absolute Gasteiger partial charge is 0.478 e. The molecule has 0 radical (unpaired) electrons. The van der Waals surface area contributed by atoms with Gasteiger partial charge in [0.05, 0.1) is 12.2 Å². The van der Waals surface area contributed by atoms with Gasteiger partial charge in [-0.25, -0.2) is 9.59 Å². The summed E-state index contributed by atoms with van der Waals surface area (Å²) < 4.78 is 15.6. The van der Waals surface area contributed by atoms with E-state index in [1.807, 2.05) is 0 Å². The van der Waals surface area contributed by atoms with E-state index in [-0.39, 0.29) is 22.3 Å². The van der Waals surface area contributed by atoms with Crippen LogP contribution in [0.5, 0.6) is 5.75 Å². The molecule has 1 aliphatic heterocycles. The molecule has 1 fully saturated rings. The topological polar surface area (TPSA) is 167 Å². The predicted molar refractivity (Wildman–Crippen MR) is 83.8 cm³/mol. The van der Waals surface area contributed by atoms with Crippen molar-refractivity contribution in [2.45, 2.75) is 30.7 Å². The average molecular weight is 368 g/mol. The van der Waals surface area contributed by atoms with Gasteiger partial charge in [0.2, 0.25) is 6.29 Å². The van der Waals surface area contributed by atoms with E-state index in [4.69, 9.17) is 24.1 Å². The van der Waals surface area contributed by atoms with Gasteiger partial charge in [0, 0.05) is 17.5 Å². The van der Waals surface area contributed by atoms with Crippen LogP contribution in [-0.2, 0) is 4.74 Å². The minimum Gasteiger partial charge on any atom is -0.478 e. The molecule has 2 heterocycles. The molecule has 1 aromatic heterocycles. The highest BCUT2D eigenvalue weighted by Gasteiger charge is 2.44. The maximum atomic E-state index is 11.5. The molecule has 1 saturated heterocycles. The summed E-state index contributed by atoms with van der Waals surface area (Å²) in [5.41, 5.74) is -1.16. The van der Waals surface area contributed by atoms with E-state index in [0.29, 0.717) is 0 Å². The Hall–Kier alpha value is -2.50. The number of aromatic carboxylic acids is 1. The Morgan fingerprint density at radius 2 is 1.85 bits per heavy atom. The molecule has 3 rings (SSSR count). The quantitative estimate of drug-likeness (QED) is 0.408. The highest BCUT2D eigenvalue weighted by molar-refractivity contribution is 6.01. The molecule has 10 nitrogen and oxygen atoms in total. The van der Waals surface area contributed by atoms with Crippen molar-refractivity contribution in [1.82, 2.24) is 0 Å². The fourth-order valence-corrected chi connectivity index (χ4v) is 2.69. The normalized spacial score (nSPS) is 28.8. The average Bonchev–Trinajstić information content (AvgIpc) is 2.61. The Morgan fingerprint density at radius 1 is 1.12 bits per heavy atom. The molecule has 26 heavy (non-hydrogen) atoms. The van der Waals surface area contributed by atoms with Crippen LogP contribution in [0.1, 0.15) is 10.4 Å². The van der Waals surface area contributed by atoms with Crippen LogP contribution >= 0.6 is 0 Å². The highest BCUT2D eigenvalue weighted by Crippen LogP contribution is 2.27. The molecule has 1 aliphatic rings. The molecule has 0 aliphatic carbocycles. The third kappa shape index (κ3) is 3.28. The summed E-state index contributed by atoms with van der Waals surface area (Å²) in [6, 6.07) is 4.78. The number of rotatable bonds is 4. The summed E-state index contributed by atoms with van der Waals surface area (Å²) in [6.07, 6.45) is -7.31. The lowest BCUT2D eigenvalue weighted by atomic mass is 9.99. The zero-order valence-corrected chi connectivity index (χ0v) is 13.2. The summed E-state index contributed by atoms with van der Waals surface area (Å²) in [6.45, 7) is -0.612. The summed E-state index contributed by atoms with van der Waals surface area (Å²) in [7, 11) is 0. The van der Waals surface area contributed by atoms with Gasteiger partial charge in [0.25, 0.3) is 0 Å². The third-order valence-electron chi connectivity index (χ3n) is 4.05. The lowest BCUT2D eigenvalue weighted by molar-refractivity contribution is -0.277. The van der Waals surface area contributed by atoms with E-state index in [0.717, 1.165) is 6.07 Å². The standard InChI is InChI=1S/C16H16O10/c17-5-10-12(19)13(20)14(21)16(26-10)24-6-1-2-7-8(15(22)23)4-11(18)25-9(7)3-6/h1-4,10,12-14,16-17,19-21H,5H2,(H,22,23)/t10-,12+,13+,14-,16-/m1/s1. The van der Waals surface area contributed by atoms with Gasteiger partial charge >= 0.3 is 11.6 Å². The number of benzene rings is 1. The number of fused-ring (bicyclic) bond motifs is 1. The van der Waals surface area contributed by atoms with Gasteiger partial charge in [0.1, 0.15) is 35.7 Å². The van der Waals surface area contributed by atoms with Gasteiger partial charge in [-0.05, 0) is 12.1 Å². The number of carboxylic acids is 1. The van der Waals surface area contributed by atoms with Gasteiger partial charge in [-0.1, -0.05) is 0 Å². The van der Waals surface area contributed by atoms with Gasteiger partial charge in [-0.3, -0.25) is 0 Å². The van der Waals surface area contributed by atoms with Crippen molar-refractivity contribution < 1.29 is 44.2 Å². The van der Waals surface area contributed by atoms with Crippen molar-refractivity contribution >= 4 is 16.9 Å². The molecule has 5 atom stereocenters. The highest BCUT2D eigenvalue weighted by atomic mass is 16.7. The van der Waals surface area contributed by atoms with Gasteiger partial charge in [0.15, 0.2) is 0 Å². The Morgan fingerprint density at radius 3 is 2.50 bits per heavy atom. The van der Waals surface area contributed by atoms with Crippen LogP contribution in [0.2, 0.25) is 0 Å². The third-order valence-corrected chi connectivity index (χ3v) is 4.05. The van der Waals surface area contributed by atoms with Crippen molar-refractivity contribution in [2.75, 3.05) is 6.61 Å². The lowest BCUT2D eigenvalue weighted by Gasteiger charge is -2.39. The molecule has 0 bridgehead atoms. The first kappa shape index (κ1) is 18.3. The summed E-state index contributed by atoms with van der Waals surface area (Å²) in [4.78, 5) is 22.7. The minimum atomic E-state index is -1.61. The molecular weight excluding hydrogens is 352 g/mol. The Kier molecular flexibility index (Phi) is 4.94. The second kappa shape index (κ2) is 7.02. The van der Waals surface area contributed by atoms with E-state index in [1.165, 1.54) is 18.2 Å². The molecule has 140 valence electrons. The van der Waals surface area contributed by atoms with E-state index in [1.54, 1.807) is 0 Å². The number of aliphatic hydroxyl groups excluding tert-OH is 4. The number of aliphatic hydroxyl groups is 4. The van der Waals surface area contributed by atoms with Crippen LogP contribution in [0, 0.1) is 0 Å². The van der Waals surface area contributed by atoms with E-state index in [9.17, 15) is 24.9 Å². The Labute approximate surface area is 145 Å². The van der Waals surface area contributed by atoms with Crippen LogP contribution in [0.3, 0.4) is 0 Å². The Balaban J connectivity index is 1.91. The molecule has 0 amide bonds. The number of carbonyl (C=O) groups is 1. The van der Waals surface area contributed by atoms with Crippen molar-refractivity contribution in [3.8, 4) is 5.75 Å². The first-order chi connectivity index (χ1) is 12.3. The van der Waals surface area contributed by atoms with Gasteiger partial charge < -0.3 is 39.4 Å². The van der Waals surface area contributed by atoms with Crippen LogP contribution in [-0.4, -0.2) is 68.8 Å². The molecule has 5 N–H and O–H groups in total. The fourth-order valence-electron chi connectivity index (χ4n) is 2.69. The lowest BCUT2D eigenvalue weighted by Crippen LogP contribution is -2.60. The van der Waals surface area contributed by atoms with E-state index >= 15 is 0 Å². The number of ether oxygens (including phenoxy) is 2. The molecule has 0 spiro atoms. The summed E-state index contributed by atoms with van der Waals surface area (Å²) >= 11 is 0. The number of carboxylic acid groups (broad SMARTS) is 1. The minimum absolute atomic E-state index is 0.0486. The first-order valence-electron chi connectivity index (χ1n) is 7.60. The first-order valence-corrected chi connectivity index (χ1v) is 7.60. The van der Waals surface area contributed by atoms with Crippen LogP contribution in [0.4, 0.5) is 0 Å². The van der Waals surface area contributed by atoms with E-state index < -0.39 is 48.9 Å². The molecule has 2 aromatic rings. The monoisotopic (exact) mass is 368 g/mol. The van der Waals surface area contributed by atoms with Crippen LogP contribution in [0.15, 0.2) is 33.5 Å². The summed E-state index contributed by atoms with van der Waals surface area (Å²) in [5, 5.41) is 47.9. The van der Waals surface area contributed by atoms with Crippen molar-refractivity contribution in [1.29, 1.82) is 0 Å². The van der Waals surface area contributed by atoms with Gasteiger partial charge in [-0.2, -0.15) is 0 Å². The Bertz CT molecular complexity index is 873. The predicted octanol–water partition coefficient (Wildman–Crippen LogP) is -1.33. The van der Waals surface area contributed by atoms with Crippen LogP contribution in [0.25, 0.3) is 11.0 Å². The molecular formula is C16H16O10. The van der Waals surface area contributed by atoms with Crippen LogP contribution < -0.4 is 10.4 Å². The second-order valence-corrected chi connectivity index (χ2v) is 5.76. The number of hydrogen-bond donors (Lipinski definition) is 5. The maximum Gasteiger partial charge on any atom is 0.337 e. The maximum absolute atomic E-state index is 11.5.